The van der Waals surface area contributed by atoms with Crippen LogP contribution in [0.1, 0.15) is 10.4 Å². The highest BCUT2D eigenvalue weighted by atomic mass is 32.1. The van der Waals surface area contributed by atoms with Gasteiger partial charge in [-0.3, -0.25) is 4.79 Å². The summed E-state index contributed by atoms with van der Waals surface area (Å²) in [6, 6.07) is 3.93. The zero-order chi connectivity index (χ0) is 11.4. The largest absolute Gasteiger partial charge is 0.429 e. The molecule has 0 aliphatic carbocycles. The molecule has 0 saturated heterocycles. The molecular formula is C10H10FNO2S. The van der Waals surface area contributed by atoms with E-state index < -0.39 is 5.82 Å². The summed E-state index contributed by atoms with van der Waals surface area (Å²) in [5.41, 5.74) is 0.260. The van der Waals surface area contributed by atoms with Crippen LogP contribution in [0.25, 0.3) is 0 Å². The number of thiocarbonyl (C=S) groups is 1. The van der Waals surface area contributed by atoms with Crippen molar-refractivity contribution in [1.29, 1.82) is 0 Å². The third kappa shape index (κ3) is 2.99. The summed E-state index contributed by atoms with van der Waals surface area (Å²) in [6.45, 7) is 0. The van der Waals surface area contributed by atoms with Crippen molar-refractivity contribution < 1.29 is 13.9 Å². The number of hydrogen-bond donors (Lipinski definition) is 0. The number of nitrogens with zero attached hydrogens (tertiary/aromatic N) is 1. The minimum absolute atomic E-state index is 0.0132. The van der Waals surface area contributed by atoms with Gasteiger partial charge >= 0.3 is 0 Å². The summed E-state index contributed by atoms with van der Waals surface area (Å²) in [7, 11) is 3.39. The van der Waals surface area contributed by atoms with Gasteiger partial charge in [-0.25, -0.2) is 4.39 Å². The lowest BCUT2D eigenvalue weighted by molar-refractivity contribution is 0.112. The van der Waals surface area contributed by atoms with E-state index in [9.17, 15) is 9.18 Å². The number of carbonyl (C=O) groups excluding carboxylic acids is 1. The second kappa shape index (κ2) is 4.84. The molecule has 0 amide bonds. The van der Waals surface area contributed by atoms with Crippen LogP contribution in [0.15, 0.2) is 18.2 Å². The van der Waals surface area contributed by atoms with E-state index in [1.807, 2.05) is 0 Å². The summed E-state index contributed by atoms with van der Waals surface area (Å²) in [4.78, 5) is 11.9. The van der Waals surface area contributed by atoms with Crippen LogP contribution in [0.2, 0.25) is 0 Å². The Hall–Kier alpha value is -1.49. The number of hydrogen-bond acceptors (Lipinski definition) is 3. The molecule has 80 valence electrons. The zero-order valence-corrected chi connectivity index (χ0v) is 9.18. The first kappa shape index (κ1) is 11.6. The fourth-order valence-electron chi connectivity index (χ4n) is 0.859. The van der Waals surface area contributed by atoms with Gasteiger partial charge in [0.1, 0.15) is 6.29 Å². The maximum Gasteiger partial charge on any atom is 0.264 e. The molecule has 0 bridgehead atoms. The first-order valence-electron chi connectivity index (χ1n) is 4.18. The quantitative estimate of drug-likeness (QED) is 0.570. The van der Waals surface area contributed by atoms with Gasteiger partial charge in [0.15, 0.2) is 11.6 Å². The van der Waals surface area contributed by atoms with Crippen LogP contribution in [0.4, 0.5) is 4.39 Å². The minimum Gasteiger partial charge on any atom is -0.429 e. The summed E-state index contributed by atoms with van der Waals surface area (Å²) in [5.74, 6) is -0.594. The number of benzene rings is 1. The van der Waals surface area contributed by atoms with Gasteiger partial charge in [0.25, 0.3) is 5.17 Å². The maximum atomic E-state index is 13.3. The Balaban J connectivity index is 2.87. The Bertz CT molecular complexity index is 393. The van der Waals surface area contributed by atoms with Gasteiger partial charge in [0.05, 0.1) is 0 Å². The third-order valence-corrected chi connectivity index (χ3v) is 2.10. The second-order valence-corrected chi connectivity index (χ2v) is 3.42. The Morgan fingerprint density at radius 2 is 2.20 bits per heavy atom. The molecule has 15 heavy (non-hydrogen) atoms. The van der Waals surface area contributed by atoms with Crippen LogP contribution in [0.3, 0.4) is 0 Å². The molecule has 1 aromatic rings. The van der Waals surface area contributed by atoms with Crippen molar-refractivity contribution in [2.24, 2.45) is 0 Å². The summed E-state index contributed by atoms with van der Waals surface area (Å²) < 4.78 is 18.4. The first-order chi connectivity index (χ1) is 7.04. The van der Waals surface area contributed by atoms with E-state index >= 15 is 0 Å². The normalized spacial score (nSPS) is 9.53. The van der Waals surface area contributed by atoms with Crippen LogP contribution in [0, 0.1) is 5.82 Å². The maximum absolute atomic E-state index is 13.3. The standard InChI is InChI=1S/C10H10FNO2S/c1-12(2)10(15)14-9-4-3-7(6-13)5-8(9)11/h3-6H,1-2H3. The van der Waals surface area contributed by atoms with E-state index in [1.165, 1.54) is 12.1 Å². The SMILES string of the molecule is CN(C)C(=S)Oc1ccc(C=O)cc1F. The lowest BCUT2D eigenvalue weighted by Crippen LogP contribution is -2.25. The topological polar surface area (TPSA) is 29.5 Å². The molecule has 0 saturated carbocycles. The lowest BCUT2D eigenvalue weighted by Gasteiger charge is -2.14. The highest BCUT2D eigenvalue weighted by Crippen LogP contribution is 2.18. The van der Waals surface area contributed by atoms with Crippen molar-refractivity contribution in [2.45, 2.75) is 0 Å². The molecule has 0 heterocycles. The number of ether oxygens (including phenoxy) is 1. The fourth-order valence-corrected chi connectivity index (χ4v) is 0.948. The molecule has 0 unspecified atom stereocenters. The Kier molecular flexibility index (Phi) is 3.74. The third-order valence-electron chi connectivity index (χ3n) is 1.65. The van der Waals surface area contributed by atoms with Crippen LogP contribution in [0.5, 0.6) is 5.75 Å². The molecule has 1 aromatic carbocycles. The van der Waals surface area contributed by atoms with Gasteiger partial charge in [-0.05, 0) is 30.4 Å². The van der Waals surface area contributed by atoms with Gasteiger partial charge in [-0.1, -0.05) is 0 Å². The predicted octanol–water partition coefficient (Wildman–Crippen LogP) is 1.86. The molecule has 0 aliphatic heterocycles. The average Bonchev–Trinajstić information content (AvgIpc) is 2.20. The molecular weight excluding hydrogens is 217 g/mol. The number of rotatable bonds is 2. The van der Waals surface area contributed by atoms with Gasteiger partial charge in [-0.15, -0.1) is 0 Å². The van der Waals surface area contributed by atoms with Crippen molar-refractivity contribution in [3.8, 4) is 5.75 Å². The molecule has 0 fully saturated rings. The minimum atomic E-state index is -0.608. The number of carbonyl (C=O) groups is 1. The summed E-state index contributed by atoms with van der Waals surface area (Å²) in [5, 5.41) is 0.160. The lowest BCUT2D eigenvalue weighted by atomic mass is 10.2. The van der Waals surface area contributed by atoms with E-state index in [1.54, 1.807) is 19.0 Å². The van der Waals surface area contributed by atoms with Crippen LogP contribution in [-0.4, -0.2) is 30.5 Å². The average molecular weight is 227 g/mol. The van der Waals surface area contributed by atoms with Crippen molar-refractivity contribution in [3.05, 3.63) is 29.6 Å². The van der Waals surface area contributed by atoms with E-state index in [4.69, 9.17) is 17.0 Å². The molecule has 0 spiro atoms. The Morgan fingerprint density at radius 3 is 2.67 bits per heavy atom. The highest BCUT2D eigenvalue weighted by molar-refractivity contribution is 7.80. The smallest absolute Gasteiger partial charge is 0.264 e. The van der Waals surface area contributed by atoms with E-state index in [0.717, 1.165) is 6.07 Å². The second-order valence-electron chi connectivity index (χ2n) is 3.07. The monoisotopic (exact) mass is 227 g/mol. The molecule has 1 rings (SSSR count). The molecule has 0 atom stereocenters. The Morgan fingerprint density at radius 1 is 1.53 bits per heavy atom. The van der Waals surface area contributed by atoms with Gasteiger partial charge in [0.2, 0.25) is 0 Å². The molecule has 0 aliphatic rings. The van der Waals surface area contributed by atoms with Crippen LogP contribution >= 0.6 is 12.2 Å². The van der Waals surface area contributed by atoms with E-state index in [-0.39, 0.29) is 16.5 Å². The molecule has 0 aromatic heterocycles. The van der Waals surface area contributed by atoms with Crippen LogP contribution < -0.4 is 4.74 Å². The highest BCUT2D eigenvalue weighted by Gasteiger charge is 2.08. The predicted molar refractivity (Wildman–Crippen MR) is 58.7 cm³/mol. The first-order valence-corrected chi connectivity index (χ1v) is 4.59. The number of aldehydes is 1. The summed E-state index contributed by atoms with van der Waals surface area (Å²) >= 11 is 4.85. The van der Waals surface area contributed by atoms with Gasteiger partial charge in [0, 0.05) is 19.7 Å². The fraction of sp³-hybridized carbons (Fsp3) is 0.200. The molecule has 5 heteroatoms. The molecule has 0 N–H and O–H groups in total. The van der Waals surface area contributed by atoms with Crippen molar-refractivity contribution >= 4 is 23.7 Å². The van der Waals surface area contributed by atoms with Gasteiger partial charge < -0.3 is 9.64 Å². The Labute approximate surface area is 92.5 Å². The molecule has 0 radical (unpaired) electrons. The van der Waals surface area contributed by atoms with E-state index in [0.29, 0.717) is 6.29 Å². The van der Waals surface area contributed by atoms with Gasteiger partial charge in [-0.2, -0.15) is 0 Å². The van der Waals surface area contributed by atoms with Crippen LogP contribution in [-0.2, 0) is 0 Å². The zero-order valence-electron chi connectivity index (χ0n) is 8.36. The van der Waals surface area contributed by atoms with E-state index in [2.05, 4.69) is 0 Å². The van der Waals surface area contributed by atoms with Crippen molar-refractivity contribution in [1.82, 2.24) is 4.90 Å². The van der Waals surface area contributed by atoms with Crippen molar-refractivity contribution in [3.63, 3.8) is 0 Å². The molecule has 3 nitrogen and oxygen atoms in total. The summed E-state index contributed by atoms with van der Waals surface area (Å²) in [6.07, 6.45) is 0.567. The van der Waals surface area contributed by atoms with Crippen molar-refractivity contribution in [2.75, 3.05) is 14.1 Å². The number of halogens is 1.